The van der Waals surface area contributed by atoms with Crippen LogP contribution in [0.2, 0.25) is 5.02 Å². The molecule has 0 aliphatic carbocycles. The maximum atomic E-state index is 14.6. The summed E-state index contributed by atoms with van der Waals surface area (Å²) in [7, 11) is -2.65. The number of benzene rings is 4. The van der Waals surface area contributed by atoms with Crippen LogP contribution in [0.15, 0.2) is 108 Å². The van der Waals surface area contributed by atoms with Gasteiger partial charge in [-0.05, 0) is 79.9 Å². The molecule has 2 atom stereocenters. The van der Waals surface area contributed by atoms with Crippen molar-refractivity contribution in [2.24, 2.45) is 0 Å². The molecule has 0 heterocycles. The highest BCUT2D eigenvalue weighted by Crippen LogP contribution is 2.27. The molecule has 1 N–H and O–H groups in total. The Hall–Kier alpha value is -4.34. The van der Waals surface area contributed by atoms with Gasteiger partial charge in [-0.3, -0.25) is 13.9 Å². The third-order valence-electron chi connectivity index (χ3n) is 7.76. The monoisotopic (exact) mass is 661 g/mol. The number of carbonyl (C=O) groups excluding carboxylic acids is 2. The average molecular weight is 662 g/mol. The van der Waals surface area contributed by atoms with Gasteiger partial charge in [-0.2, -0.15) is 0 Å². The van der Waals surface area contributed by atoms with Gasteiger partial charge >= 0.3 is 0 Å². The molecule has 10 heteroatoms. The molecule has 0 aliphatic rings. The molecule has 0 unspecified atom stereocenters. The van der Waals surface area contributed by atoms with Crippen molar-refractivity contribution < 1.29 is 22.7 Å². The van der Waals surface area contributed by atoms with E-state index in [0.29, 0.717) is 17.2 Å². The molecule has 0 aromatic heterocycles. The Bertz CT molecular complexity index is 1720. The quantitative estimate of drug-likeness (QED) is 0.169. The van der Waals surface area contributed by atoms with E-state index in [4.69, 9.17) is 16.3 Å². The Labute approximate surface area is 277 Å². The van der Waals surface area contributed by atoms with Gasteiger partial charge < -0.3 is 15.0 Å². The van der Waals surface area contributed by atoms with Crippen LogP contribution in [0.1, 0.15) is 37.0 Å². The Balaban J connectivity index is 1.81. The number of ether oxygens (including phenoxy) is 1. The second-order valence-corrected chi connectivity index (χ2v) is 13.5. The zero-order chi connectivity index (χ0) is 33.3. The van der Waals surface area contributed by atoms with Crippen LogP contribution in [-0.4, -0.2) is 50.9 Å². The summed E-state index contributed by atoms with van der Waals surface area (Å²) in [5, 5.41) is 3.47. The second kappa shape index (κ2) is 15.8. The van der Waals surface area contributed by atoms with Crippen molar-refractivity contribution in [1.29, 1.82) is 0 Å². The van der Waals surface area contributed by atoms with Crippen molar-refractivity contribution in [2.45, 2.75) is 57.1 Å². The molecule has 0 radical (unpaired) electrons. The number of halogens is 1. The number of anilines is 1. The number of sulfonamides is 1. The minimum Gasteiger partial charge on any atom is -0.497 e. The van der Waals surface area contributed by atoms with E-state index in [1.54, 1.807) is 55.6 Å². The molecule has 46 heavy (non-hydrogen) atoms. The third kappa shape index (κ3) is 8.89. The molecule has 0 saturated carbocycles. The van der Waals surface area contributed by atoms with Crippen LogP contribution >= 0.6 is 11.6 Å². The van der Waals surface area contributed by atoms with Crippen molar-refractivity contribution >= 4 is 39.1 Å². The minimum absolute atomic E-state index is 0.0375. The molecule has 4 aromatic carbocycles. The van der Waals surface area contributed by atoms with Crippen molar-refractivity contribution in [3.8, 4) is 5.75 Å². The first-order chi connectivity index (χ1) is 22.0. The van der Waals surface area contributed by atoms with Crippen LogP contribution in [0.5, 0.6) is 5.75 Å². The number of hydrogen-bond donors (Lipinski definition) is 1. The number of methoxy groups -OCH3 is 1. The number of nitrogens with zero attached hydrogens (tertiary/aromatic N) is 2. The fourth-order valence-corrected chi connectivity index (χ4v) is 6.48. The summed E-state index contributed by atoms with van der Waals surface area (Å²) in [6.45, 7) is 5.23. The van der Waals surface area contributed by atoms with E-state index >= 15 is 0 Å². The normalized spacial score (nSPS) is 12.5. The highest BCUT2D eigenvalue weighted by Gasteiger charge is 2.35. The fraction of sp³-hybridized carbons (Fsp3) is 0.278. The molecule has 4 rings (SSSR count). The fourth-order valence-electron chi connectivity index (χ4n) is 4.94. The van der Waals surface area contributed by atoms with Gasteiger partial charge in [0.1, 0.15) is 18.3 Å². The van der Waals surface area contributed by atoms with E-state index in [0.717, 1.165) is 21.0 Å². The lowest BCUT2D eigenvalue weighted by Crippen LogP contribution is -2.54. The molecule has 4 aromatic rings. The molecule has 0 spiro atoms. The number of amides is 2. The highest BCUT2D eigenvalue weighted by atomic mass is 35.5. The average Bonchev–Trinajstić information content (AvgIpc) is 3.06. The van der Waals surface area contributed by atoms with Crippen LogP contribution in [0.25, 0.3) is 0 Å². The van der Waals surface area contributed by atoms with Gasteiger partial charge in [0.15, 0.2) is 0 Å². The minimum atomic E-state index is -4.20. The number of hydrogen-bond acceptors (Lipinski definition) is 5. The van der Waals surface area contributed by atoms with Crippen LogP contribution in [0, 0.1) is 6.92 Å². The largest absolute Gasteiger partial charge is 0.497 e. The standard InChI is InChI=1S/C36H40ClN3O5S/c1-5-27(3)38-36(42)34(23-28-10-7-6-8-11-28)39(24-29-12-9-13-32(22-29)45-4)35(41)25-40(31-18-16-30(37)17-19-31)46(43,44)33-20-14-26(2)15-21-33/h6-22,27,34H,5,23-25H2,1-4H3,(H,38,42)/t27-,34-/m1/s1. The third-order valence-corrected chi connectivity index (χ3v) is 9.80. The van der Waals surface area contributed by atoms with Gasteiger partial charge in [0, 0.05) is 24.0 Å². The molecule has 0 bridgehead atoms. The maximum absolute atomic E-state index is 14.6. The molecule has 0 aliphatic heterocycles. The van der Waals surface area contributed by atoms with Gasteiger partial charge in [0.05, 0.1) is 17.7 Å². The van der Waals surface area contributed by atoms with Gasteiger partial charge in [0.25, 0.3) is 10.0 Å². The molecule has 0 saturated heterocycles. The molecule has 2 amide bonds. The summed E-state index contributed by atoms with van der Waals surface area (Å²) in [5.41, 5.74) is 2.75. The zero-order valence-corrected chi connectivity index (χ0v) is 28.1. The van der Waals surface area contributed by atoms with E-state index < -0.39 is 28.5 Å². The SMILES string of the molecule is CC[C@@H](C)NC(=O)[C@@H](Cc1ccccc1)N(Cc1cccc(OC)c1)C(=O)CN(c1ccc(Cl)cc1)S(=O)(=O)c1ccc(C)cc1. The molecular formula is C36H40ClN3O5S. The van der Waals surface area contributed by atoms with Crippen LogP contribution in [0.3, 0.4) is 0 Å². The van der Waals surface area contributed by atoms with Crippen LogP contribution in [-0.2, 0) is 32.6 Å². The summed E-state index contributed by atoms with van der Waals surface area (Å²) >= 11 is 6.15. The van der Waals surface area contributed by atoms with E-state index in [9.17, 15) is 18.0 Å². The lowest BCUT2D eigenvalue weighted by Gasteiger charge is -2.34. The van der Waals surface area contributed by atoms with E-state index in [-0.39, 0.29) is 35.5 Å². The topological polar surface area (TPSA) is 96.0 Å². The Morgan fingerprint density at radius 3 is 2.17 bits per heavy atom. The van der Waals surface area contributed by atoms with Crippen molar-refractivity contribution in [3.05, 3.63) is 125 Å². The Kier molecular flexibility index (Phi) is 11.8. The molecule has 8 nitrogen and oxygen atoms in total. The van der Waals surface area contributed by atoms with Crippen LogP contribution in [0.4, 0.5) is 5.69 Å². The van der Waals surface area contributed by atoms with Crippen molar-refractivity contribution in [3.63, 3.8) is 0 Å². The van der Waals surface area contributed by atoms with Crippen LogP contribution < -0.4 is 14.4 Å². The number of rotatable bonds is 14. The molecule has 242 valence electrons. The predicted octanol–water partition coefficient (Wildman–Crippen LogP) is 6.41. The lowest BCUT2D eigenvalue weighted by molar-refractivity contribution is -0.140. The van der Waals surface area contributed by atoms with Gasteiger partial charge in [0.2, 0.25) is 11.8 Å². The predicted molar refractivity (Wildman–Crippen MR) is 183 cm³/mol. The van der Waals surface area contributed by atoms with Crippen molar-refractivity contribution in [1.82, 2.24) is 10.2 Å². The smallest absolute Gasteiger partial charge is 0.264 e. The first kappa shape index (κ1) is 34.5. The Morgan fingerprint density at radius 2 is 1.54 bits per heavy atom. The highest BCUT2D eigenvalue weighted by molar-refractivity contribution is 7.92. The van der Waals surface area contributed by atoms with E-state index in [2.05, 4.69) is 5.32 Å². The zero-order valence-electron chi connectivity index (χ0n) is 26.5. The summed E-state index contributed by atoms with van der Waals surface area (Å²) in [5.74, 6) is -0.277. The number of nitrogens with one attached hydrogen (secondary N) is 1. The lowest BCUT2D eigenvalue weighted by atomic mass is 10.0. The Morgan fingerprint density at radius 1 is 0.891 bits per heavy atom. The summed E-state index contributed by atoms with van der Waals surface area (Å²) in [6, 6.07) is 28.3. The number of carbonyl (C=O) groups is 2. The first-order valence-electron chi connectivity index (χ1n) is 15.1. The van der Waals surface area contributed by atoms with E-state index in [1.165, 1.54) is 17.0 Å². The second-order valence-electron chi connectivity index (χ2n) is 11.2. The first-order valence-corrected chi connectivity index (χ1v) is 16.9. The number of aryl methyl sites for hydroxylation is 1. The van der Waals surface area contributed by atoms with E-state index in [1.807, 2.05) is 63.2 Å². The maximum Gasteiger partial charge on any atom is 0.264 e. The van der Waals surface area contributed by atoms with Gasteiger partial charge in [-0.1, -0.05) is 78.7 Å². The summed E-state index contributed by atoms with van der Waals surface area (Å²) < 4.78 is 34.8. The van der Waals surface area contributed by atoms with Crippen molar-refractivity contribution in [2.75, 3.05) is 18.0 Å². The molecular weight excluding hydrogens is 622 g/mol. The molecule has 0 fully saturated rings. The van der Waals surface area contributed by atoms with Gasteiger partial charge in [-0.25, -0.2) is 8.42 Å². The summed E-state index contributed by atoms with van der Waals surface area (Å²) in [4.78, 5) is 30.0. The van der Waals surface area contributed by atoms with Gasteiger partial charge in [-0.15, -0.1) is 0 Å². The summed E-state index contributed by atoms with van der Waals surface area (Å²) in [6.07, 6.45) is 0.928.